The van der Waals surface area contributed by atoms with Gasteiger partial charge in [-0.1, -0.05) is 27.5 Å². The highest BCUT2D eigenvalue weighted by Crippen LogP contribution is 2.28. The monoisotopic (exact) mass is 259 g/mol. The second-order valence-electron chi connectivity index (χ2n) is 3.39. The first kappa shape index (κ1) is 9.50. The summed E-state index contributed by atoms with van der Waals surface area (Å²) in [4.78, 5) is 0. The van der Waals surface area contributed by atoms with Gasteiger partial charge in [0.05, 0.1) is 0 Å². The van der Waals surface area contributed by atoms with E-state index < -0.39 is 0 Å². The average molecular weight is 261 g/mol. The van der Waals surface area contributed by atoms with Crippen molar-refractivity contribution < 1.29 is 0 Å². The molecule has 1 aromatic rings. The Bertz CT molecular complexity index is 288. The topological polar surface area (TPSA) is 12.0 Å². The van der Waals surface area contributed by atoms with Crippen LogP contribution in [0.25, 0.3) is 0 Å². The van der Waals surface area contributed by atoms with Gasteiger partial charge in [-0.3, -0.25) is 0 Å². The van der Waals surface area contributed by atoms with Gasteiger partial charge in [-0.2, -0.15) is 0 Å². The van der Waals surface area contributed by atoms with Crippen molar-refractivity contribution in [3.63, 3.8) is 0 Å². The molecular formula is C10H11BrClN. The summed E-state index contributed by atoms with van der Waals surface area (Å²) in [5.41, 5.74) is 1.34. The zero-order valence-corrected chi connectivity index (χ0v) is 9.53. The minimum Gasteiger partial charge on any atom is -0.316 e. The molecule has 2 rings (SSSR count). The van der Waals surface area contributed by atoms with Gasteiger partial charge in [-0.05, 0) is 42.6 Å². The van der Waals surface area contributed by atoms with E-state index >= 15 is 0 Å². The first-order valence-electron chi connectivity index (χ1n) is 4.42. The third-order valence-electron chi connectivity index (χ3n) is 2.42. The molecule has 1 N–H and O–H groups in total. The minimum atomic E-state index is 0.634. The molecular weight excluding hydrogens is 249 g/mol. The van der Waals surface area contributed by atoms with Gasteiger partial charge in [0.25, 0.3) is 0 Å². The predicted molar refractivity (Wildman–Crippen MR) is 59.4 cm³/mol. The Morgan fingerprint density at radius 2 is 2.23 bits per heavy atom. The zero-order valence-electron chi connectivity index (χ0n) is 7.19. The molecule has 1 aliphatic rings. The maximum absolute atomic E-state index is 5.98. The highest BCUT2D eigenvalue weighted by molar-refractivity contribution is 9.10. The number of halogens is 2. The Balaban J connectivity index is 2.28. The molecule has 1 heterocycles. The quantitative estimate of drug-likeness (QED) is 0.818. The van der Waals surface area contributed by atoms with E-state index in [0.717, 1.165) is 22.6 Å². The highest BCUT2D eigenvalue weighted by atomic mass is 79.9. The number of benzene rings is 1. The van der Waals surface area contributed by atoms with Gasteiger partial charge in [0.1, 0.15) is 0 Å². The van der Waals surface area contributed by atoms with E-state index in [1.165, 1.54) is 12.0 Å². The molecule has 0 saturated carbocycles. The fourth-order valence-corrected chi connectivity index (χ4v) is 2.64. The van der Waals surface area contributed by atoms with Gasteiger partial charge in [-0.25, -0.2) is 0 Å². The third-order valence-corrected chi connectivity index (χ3v) is 3.09. The Hall–Kier alpha value is -0.0500. The molecule has 3 heteroatoms. The van der Waals surface area contributed by atoms with Crippen LogP contribution >= 0.6 is 27.5 Å². The standard InChI is InChI=1S/C10H11BrClN/c11-9-3-8(4-10(12)5-9)7-1-2-13-6-7/h3-5,7,13H,1-2,6H2. The average Bonchev–Trinajstić information content (AvgIpc) is 2.53. The molecule has 1 aliphatic heterocycles. The van der Waals surface area contributed by atoms with Gasteiger partial charge in [0.2, 0.25) is 0 Å². The highest BCUT2D eigenvalue weighted by Gasteiger charge is 2.16. The SMILES string of the molecule is Clc1cc(Br)cc(C2CCNC2)c1. The van der Waals surface area contributed by atoms with Crippen molar-refractivity contribution in [3.05, 3.63) is 33.3 Å². The fourth-order valence-electron chi connectivity index (χ4n) is 1.75. The molecule has 1 fully saturated rings. The van der Waals surface area contributed by atoms with Crippen LogP contribution in [0.2, 0.25) is 5.02 Å². The van der Waals surface area contributed by atoms with E-state index in [1.807, 2.05) is 6.07 Å². The summed E-state index contributed by atoms with van der Waals surface area (Å²) < 4.78 is 1.07. The normalized spacial score (nSPS) is 22.2. The molecule has 0 aliphatic carbocycles. The van der Waals surface area contributed by atoms with Crippen molar-refractivity contribution in [3.8, 4) is 0 Å². The maximum atomic E-state index is 5.98. The minimum absolute atomic E-state index is 0.634. The Labute approximate surface area is 91.6 Å². The summed E-state index contributed by atoms with van der Waals surface area (Å²) in [6, 6.07) is 6.14. The molecule has 1 atom stereocenters. The summed E-state index contributed by atoms with van der Waals surface area (Å²) in [7, 11) is 0. The van der Waals surface area contributed by atoms with Gasteiger partial charge in [0, 0.05) is 16.0 Å². The predicted octanol–water partition coefficient (Wildman–Crippen LogP) is 3.18. The van der Waals surface area contributed by atoms with Crippen LogP contribution < -0.4 is 5.32 Å². The first-order chi connectivity index (χ1) is 6.25. The van der Waals surface area contributed by atoms with Crippen molar-refractivity contribution in [2.24, 2.45) is 0 Å². The van der Waals surface area contributed by atoms with E-state index in [1.54, 1.807) is 0 Å². The largest absolute Gasteiger partial charge is 0.316 e. The lowest BCUT2D eigenvalue weighted by Crippen LogP contribution is -2.07. The van der Waals surface area contributed by atoms with E-state index in [2.05, 4.69) is 33.4 Å². The lowest BCUT2D eigenvalue weighted by Gasteiger charge is -2.09. The van der Waals surface area contributed by atoms with Crippen LogP contribution in [0, 0.1) is 0 Å². The molecule has 1 saturated heterocycles. The second kappa shape index (κ2) is 3.99. The maximum Gasteiger partial charge on any atom is 0.0420 e. The lowest BCUT2D eigenvalue weighted by molar-refractivity contribution is 0.763. The van der Waals surface area contributed by atoms with Crippen molar-refractivity contribution in [1.29, 1.82) is 0 Å². The Morgan fingerprint density at radius 3 is 2.85 bits per heavy atom. The van der Waals surface area contributed by atoms with Crippen molar-refractivity contribution >= 4 is 27.5 Å². The second-order valence-corrected chi connectivity index (χ2v) is 4.74. The van der Waals surface area contributed by atoms with Crippen LogP contribution in [0.4, 0.5) is 0 Å². The van der Waals surface area contributed by atoms with Gasteiger partial charge < -0.3 is 5.32 Å². The Morgan fingerprint density at radius 1 is 1.38 bits per heavy atom. The smallest absolute Gasteiger partial charge is 0.0420 e. The summed E-state index contributed by atoms with van der Waals surface area (Å²) in [5, 5.41) is 4.17. The molecule has 0 spiro atoms. The van der Waals surface area contributed by atoms with Crippen LogP contribution in [-0.4, -0.2) is 13.1 Å². The number of hydrogen-bond acceptors (Lipinski definition) is 1. The molecule has 1 unspecified atom stereocenters. The number of nitrogens with one attached hydrogen (secondary N) is 1. The summed E-state index contributed by atoms with van der Waals surface area (Å²) in [6.45, 7) is 2.20. The van der Waals surface area contributed by atoms with Crippen LogP contribution in [0.1, 0.15) is 17.9 Å². The van der Waals surface area contributed by atoms with Gasteiger partial charge in [-0.15, -0.1) is 0 Å². The molecule has 1 nitrogen and oxygen atoms in total. The molecule has 1 aromatic carbocycles. The molecule has 70 valence electrons. The first-order valence-corrected chi connectivity index (χ1v) is 5.59. The van der Waals surface area contributed by atoms with Crippen LogP contribution in [-0.2, 0) is 0 Å². The number of hydrogen-bond donors (Lipinski definition) is 1. The molecule has 0 radical (unpaired) electrons. The molecule has 0 bridgehead atoms. The summed E-state index contributed by atoms with van der Waals surface area (Å²) >= 11 is 9.43. The Kier molecular flexibility index (Phi) is 2.92. The molecule has 13 heavy (non-hydrogen) atoms. The lowest BCUT2D eigenvalue weighted by atomic mass is 9.99. The third kappa shape index (κ3) is 2.25. The van der Waals surface area contributed by atoms with E-state index in [4.69, 9.17) is 11.6 Å². The molecule has 0 aromatic heterocycles. The van der Waals surface area contributed by atoms with Crippen molar-refractivity contribution in [1.82, 2.24) is 5.32 Å². The van der Waals surface area contributed by atoms with E-state index in [0.29, 0.717) is 5.92 Å². The summed E-state index contributed by atoms with van der Waals surface area (Å²) in [5.74, 6) is 0.634. The van der Waals surface area contributed by atoms with E-state index in [-0.39, 0.29) is 0 Å². The van der Waals surface area contributed by atoms with Gasteiger partial charge >= 0.3 is 0 Å². The number of rotatable bonds is 1. The van der Waals surface area contributed by atoms with Crippen LogP contribution in [0.3, 0.4) is 0 Å². The zero-order chi connectivity index (χ0) is 9.26. The van der Waals surface area contributed by atoms with Crippen LogP contribution in [0.15, 0.2) is 22.7 Å². The van der Waals surface area contributed by atoms with Gasteiger partial charge in [0.15, 0.2) is 0 Å². The van der Waals surface area contributed by atoms with Crippen molar-refractivity contribution in [2.45, 2.75) is 12.3 Å². The fraction of sp³-hybridized carbons (Fsp3) is 0.400. The summed E-state index contributed by atoms with van der Waals surface area (Å²) in [6.07, 6.45) is 1.22. The van der Waals surface area contributed by atoms with Crippen LogP contribution in [0.5, 0.6) is 0 Å². The van der Waals surface area contributed by atoms with Crippen molar-refractivity contribution in [2.75, 3.05) is 13.1 Å². The molecule has 0 amide bonds. The van der Waals surface area contributed by atoms with E-state index in [9.17, 15) is 0 Å².